The lowest BCUT2D eigenvalue weighted by atomic mass is 10.0. The van der Waals surface area contributed by atoms with E-state index in [1.165, 1.54) is 0 Å². The van der Waals surface area contributed by atoms with Crippen LogP contribution in [0.1, 0.15) is 32.8 Å². The Bertz CT molecular complexity index is 1020. The summed E-state index contributed by atoms with van der Waals surface area (Å²) in [5.74, 6) is 0.864. The maximum atomic E-state index is 8.81. The van der Waals surface area contributed by atoms with Crippen LogP contribution in [0.3, 0.4) is 0 Å². The predicted octanol–water partition coefficient (Wildman–Crippen LogP) is 3.00. The van der Waals surface area contributed by atoms with E-state index >= 15 is 0 Å². The SMILES string of the molecule is CC(C)NCCC(=N)c1cc(N2CCOCC2C)nc2c(-c3ccn[nH]3)nccc12. The molecule has 0 aliphatic carbocycles. The van der Waals surface area contributed by atoms with Crippen molar-refractivity contribution < 1.29 is 4.74 Å². The van der Waals surface area contributed by atoms with Gasteiger partial charge in [-0.2, -0.15) is 5.10 Å². The highest BCUT2D eigenvalue weighted by atomic mass is 16.5. The van der Waals surface area contributed by atoms with Crippen LogP contribution >= 0.6 is 0 Å². The molecule has 1 unspecified atom stereocenters. The lowest BCUT2D eigenvalue weighted by molar-refractivity contribution is 0.0986. The van der Waals surface area contributed by atoms with E-state index in [-0.39, 0.29) is 6.04 Å². The normalized spacial score (nSPS) is 17.1. The lowest BCUT2D eigenvalue weighted by Crippen LogP contribution is -2.44. The average Bonchev–Trinajstić information content (AvgIpc) is 3.27. The molecule has 0 aromatic carbocycles. The third-order valence-electron chi connectivity index (χ3n) is 5.38. The first-order valence-corrected chi connectivity index (χ1v) is 10.5. The molecule has 4 rings (SSSR count). The molecule has 8 heteroatoms. The van der Waals surface area contributed by atoms with Crippen LogP contribution in [-0.2, 0) is 4.74 Å². The summed E-state index contributed by atoms with van der Waals surface area (Å²) in [5, 5.41) is 20.2. The highest BCUT2D eigenvalue weighted by Crippen LogP contribution is 2.30. The van der Waals surface area contributed by atoms with Crippen LogP contribution in [0.25, 0.3) is 22.3 Å². The number of rotatable bonds is 7. The van der Waals surface area contributed by atoms with Crippen molar-refractivity contribution in [3.8, 4) is 11.4 Å². The zero-order chi connectivity index (χ0) is 21.1. The Labute approximate surface area is 176 Å². The minimum Gasteiger partial charge on any atom is -0.377 e. The summed E-state index contributed by atoms with van der Waals surface area (Å²) in [6.45, 7) is 9.27. The smallest absolute Gasteiger partial charge is 0.130 e. The molecule has 1 saturated heterocycles. The first kappa shape index (κ1) is 20.4. The second kappa shape index (κ2) is 8.89. The van der Waals surface area contributed by atoms with Crippen molar-refractivity contribution in [3.63, 3.8) is 0 Å². The minimum atomic E-state index is 0.223. The molecule has 0 spiro atoms. The van der Waals surface area contributed by atoms with Gasteiger partial charge in [0.2, 0.25) is 0 Å². The number of hydrogen-bond donors (Lipinski definition) is 3. The molecule has 0 amide bonds. The quantitative estimate of drug-likeness (QED) is 0.520. The van der Waals surface area contributed by atoms with E-state index in [9.17, 15) is 0 Å². The standard InChI is InChI=1S/C22H29N7O/c1-14(2)24-8-5-18(23)17-12-20(29-10-11-30-13-15(29)3)27-21-16(17)4-7-25-22(21)19-6-9-26-28-19/h4,6-7,9,12,14-15,23-24H,5,8,10-11,13H2,1-3H3,(H,26,28). The van der Waals surface area contributed by atoms with Gasteiger partial charge in [-0.1, -0.05) is 13.8 Å². The Kier molecular flexibility index (Phi) is 6.06. The van der Waals surface area contributed by atoms with Gasteiger partial charge in [0.15, 0.2) is 0 Å². The van der Waals surface area contributed by atoms with Gasteiger partial charge < -0.3 is 20.4 Å². The molecular formula is C22H29N7O. The summed E-state index contributed by atoms with van der Waals surface area (Å²) in [6, 6.07) is 6.52. The third-order valence-corrected chi connectivity index (χ3v) is 5.38. The number of anilines is 1. The van der Waals surface area contributed by atoms with Gasteiger partial charge in [-0.3, -0.25) is 10.1 Å². The summed E-state index contributed by atoms with van der Waals surface area (Å²) in [5.41, 5.74) is 3.86. The van der Waals surface area contributed by atoms with Crippen molar-refractivity contribution >= 4 is 22.4 Å². The number of morpholine rings is 1. The van der Waals surface area contributed by atoms with Crippen LogP contribution in [0.4, 0.5) is 5.82 Å². The van der Waals surface area contributed by atoms with Crippen LogP contribution in [0.2, 0.25) is 0 Å². The van der Waals surface area contributed by atoms with E-state index in [0.717, 1.165) is 46.8 Å². The van der Waals surface area contributed by atoms with Crippen molar-refractivity contribution in [1.29, 1.82) is 5.41 Å². The lowest BCUT2D eigenvalue weighted by Gasteiger charge is -2.34. The highest BCUT2D eigenvalue weighted by molar-refractivity contribution is 6.11. The zero-order valence-electron chi connectivity index (χ0n) is 17.8. The van der Waals surface area contributed by atoms with Crippen LogP contribution in [-0.4, -0.2) is 64.3 Å². The second-order valence-electron chi connectivity index (χ2n) is 8.01. The Morgan fingerprint density at radius 2 is 2.23 bits per heavy atom. The molecule has 0 radical (unpaired) electrons. The van der Waals surface area contributed by atoms with Crippen LogP contribution < -0.4 is 10.2 Å². The molecule has 4 heterocycles. The van der Waals surface area contributed by atoms with Crippen LogP contribution in [0.5, 0.6) is 0 Å². The topological polar surface area (TPSA) is 103 Å². The predicted molar refractivity (Wildman–Crippen MR) is 119 cm³/mol. The Hall–Kier alpha value is -2.84. The molecule has 0 bridgehead atoms. The van der Waals surface area contributed by atoms with Gasteiger partial charge in [0.25, 0.3) is 0 Å². The van der Waals surface area contributed by atoms with Gasteiger partial charge in [0.05, 0.1) is 24.9 Å². The summed E-state index contributed by atoms with van der Waals surface area (Å²) < 4.78 is 5.61. The molecule has 3 aromatic heterocycles. The van der Waals surface area contributed by atoms with Crippen LogP contribution in [0, 0.1) is 5.41 Å². The van der Waals surface area contributed by atoms with Crippen molar-refractivity contribution in [2.24, 2.45) is 0 Å². The fourth-order valence-corrected chi connectivity index (χ4v) is 3.81. The number of pyridine rings is 2. The molecule has 1 aliphatic heterocycles. The Morgan fingerprint density at radius 1 is 1.37 bits per heavy atom. The summed E-state index contributed by atoms with van der Waals surface area (Å²) >= 11 is 0. The number of H-pyrrole nitrogens is 1. The number of nitrogens with one attached hydrogen (secondary N) is 3. The van der Waals surface area contributed by atoms with Crippen molar-refractivity contribution in [2.45, 2.75) is 39.3 Å². The summed E-state index contributed by atoms with van der Waals surface area (Å²) in [7, 11) is 0. The first-order valence-electron chi connectivity index (χ1n) is 10.5. The van der Waals surface area contributed by atoms with E-state index < -0.39 is 0 Å². The monoisotopic (exact) mass is 407 g/mol. The number of fused-ring (bicyclic) bond motifs is 1. The average molecular weight is 408 g/mol. The van der Waals surface area contributed by atoms with E-state index in [0.29, 0.717) is 31.4 Å². The molecule has 0 saturated carbocycles. The molecule has 3 N–H and O–H groups in total. The van der Waals surface area contributed by atoms with Gasteiger partial charge in [0.1, 0.15) is 17.0 Å². The Morgan fingerprint density at radius 3 is 2.97 bits per heavy atom. The van der Waals surface area contributed by atoms with Gasteiger partial charge in [-0.05, 0) is 25.1 Å². The van der Waals surface area contributed by atoms with E-state index in [4.69, 9.17) is 15.1 Å². The van der Waals surface area contributed by atoms with E-state index in [1.807, 2.05) is 12.1 Å². The van der Waals surface area contributed by atoms with Gasteiger partial charge >= 0.3 is 0 Å². The fourth-order valence-electron chi connectivity index (χ4n) is 3.81. The van der Waals surface area contributed by atoms with Gasteiger partial charge in [-0.15, -0.1) is 0 Å². The minimum absolute atomic E-state index is 0.223. The molecular weight excluding hydrogens is 378 g/mol. The largest absolute Gasteiger partial charge is 0.377 e. The number of nitrogens with zero attached hydrogens (tertiary/aromatic N) is 4. The summed E-state index contributed by atoms with van der Waals surface area (Å²) in [6.07, 6.45) is 4.14. The first-order chi connectivity index (χ1) is 14.5. The van der Waals surface area contributed by atoms with E-state index in [1.54, 1.807) is 12.4 Å². The molecule has 1 atom stereocenters. The molecule has 3 aromatic rings. The third kappa shape index (κ3) is 4.20. The molecule has 158 valence electrons. The highest BCUT2D eigenvalue weighted by Gasteiger charge is 2.23. The van der Waals surface area contributed by atoms with E-state index in [2.05, 4.69) is 52.2 Å². The maximum Gasteiger partial charge on any atom is 0.130 e. The van der Waals surface area contributed by atoms with Gasteiger partial charge in [-0.25, -0.2) is 4.98 Å². The number of aromatic amines is 1. The van der Waals surface area contributed by atoms with Crippen LogP contribution in [0.15, 0.2) is 30.6 Å². The molecule has 8 nitrogen and oxygen atoms in total. The maximum absolute atomic E-state index is 8.81. The number of hydrogen-bond acceptors (Lipinski definition) is 7. The van der Waals surface area contributed by atoms with Crippen molar-refractivity contribution in [3.05, 3.63) is 36.2 Å². The van der Waals surface area contributed by atoms with Gasteiger partial charge in [0, 0.05) is 54.6 Å². The number of ether oxygens (including phenoxy) is 1. The number of aromatic nitrogens is 4. The molecule has 30 heavy (non-hydrogen) atoms. The Balaban J connectivity index is 1.82. The zero-order valence-corrected chi connectivity index (χ0v) is 17.8. The summed E-state index contributed by atoms with van der Waals surface area (Å²) in [4.78, 5) is 11.8. The van der Waals surface area contributed by atoms with Crippen molar-refractivity contribution in [2.75, 3.05) is 31.2 Å². The second-order valence-corrected chi connectivity index (χ2v) is 8.01. The molecule has 1 aliphatic rings. The molecule has 1 fully saturated rings. The van der Waals surface area contributed by atoms with Crippen molar-refractivity contribution in [1.82, 2.24) is 25.5 Å². The fraction of sp³-hybridized carbons (Fsp3) is 0.455.